The maximum Gasteiger partial charge on any atom is 0.264 e. The first-order valence-electron chi connectivity index (χ1n) is 10.8. The van der Waals surface area contributed by atoms with Gasteiger partial charge in [0.25, 0.3) is 10.1 Å². The molecule has 0 aliphatic heterocycles. The minimum atomic E-state index is -3.56. The van der Waals surface area contributed by atoms with Crippen LogP contribution in [0, 0.1) is 3.57 Å². The molecule has 0 fully saturated rings. The number of rotatable bonds is 11. The minimum absolute atomic E-state index is 0.0252. The molecule has 3 aromatic rings. The predicted octanol–water partition coefficient (Wildman–Crippen LogP) is 4.19. The Balaban J connectivity index is 1.88. The van der Waals surface area contributed by atoms with Crippen molar-refractivity contribution in [2.75, 3.05) is 31.5 Å². The van der Waals surface area contributed by atoms with Gasteiger partial charge in [-0.2, -0.15) is 8.42 Å². The first-order chi connectivity index (χ1) is 16.7. The Morgan fingerprint density at radius 1 is 1.09 bits per heavy atom. The van der Waals surface area contributed by atoms with Crippen LogP contribution in [0.4, 0.5) is 5.69 Å². The summed E-state index contributed by atoms with van der Waals surface area (Å²) >= 11 is 2.26. The van der Waals surface area contributed by atoms with Gasteiger partial charge in [0, 0.05) is 28.7 Å². The Hall–Kier alpha value is -2.70. The second kappa shape index (κ2) is 12.3. The van der Waals surface area contributed by atoms with E-state index in [4.69, 9.17) is 13.7 Å². The van der Waals surface area contributed by atoms with Gasteiger partial charge in [-0.1, -0.05) is 12.1 Å². The van der Waals surface area contributed by atoms with Crippen LogP contribution in [0.1, 0.15) is 23.7 Å². The topological polar surface area (TPSA) is 95.0 Å². The van der Waals surface area contributed by atoms with Crippen LogP contribution >= 0.6 is 22.6 Å². The highest BCUT2D eigenvalue weighted by molar-refractivity contribution is 14.1. The van der Waals surface area contributed by atoms with Gasteiger partial charge in [-0.3, -0.25) is 14.0 Å². The van der Waals surface area contributed by atoms with Crippen molar-refractivity contribution >= 4 is 44.3 Å². The van der Waals surface area contributed by atoms with E-state index in [-0.39, 0.29) is 25.7 Å². The lowest BCUT2D eigenvalue weighted by Crippen LogP contribution is -2.29. The molecule has 0 atom stereocenters. The molecule has 1 amide bonds. The lowest BCUT2D eigenvalue weighted by Gasteiger charge is -2.25. The van der Waals surface area contributed by atoms with Crippen molar-refractivity contribution in [3.05, 3.63) is 81.2 Å². The molecule has 0 spiro atoms. The van der Waals surface area contributed by atoms with Crippen molar-refractivity contribution in [2.45, 2.75) is 19.9 Å². The largest absolute Gasteiger partial charge is 0.497 e. The first-order valence-corrected chi connectivity index (χ1v) is 13.7. The fraction of sp³-hybridized carbons (Fsp3) is 0.280. The minimum Gasteiger partial charge on any atom is -0.497 e. The van der Waals surface area contributed by atoms with Gasteiger partial charge in [0.15, 0.2) is 0 Å². The van der Waals surface area contributed by atoms with Crippen LogP contribution in [0.25, 0.3) is 0 Å². The molecule has 10 heteroatoms. The maximum atomic E-state index is 12.8. The second-order valence-corrected chi connectivity index (χ2v) is 10.6. The summed E-state index contributed by atoms with van der Waals surface area (Å²) in [5, 5.41) is 0. The summed E-state index contributed by atoms with van der Waals surface area (Å²) in [6.07, 6.45) is 3.27. The van der Waals surface area contributed by atoms with Crippen LogP contribution in [0.5, 0.6) is 11.5 Å². The molecule has 0 N–H and O–H groups in total. The molecule has 0 bridgehead atoms. The summed E-state index contributed by atoms with van der Waals surface area (Å²) in [5.74, 6) is 0.946. The number of hydrogen-bond acceptors (Lipinski definition) is 7. The molecular formula is C25H27IN2O6S. The fourth-order valence-electron chi connectivity index (χ4n) is 3.43. The van der Waals surface area contributed by atoms with Crippen LogP contribution in [-0.4, -0.2) is 45.9 Å². The molecule has 0 aliphatic carbocycles. The summed E-state index contributed by atoms with van der Waals surface area (Å²) in [6, 6.07) is 17.1. The van der Waals surface area contributed by atoms with E-state index in [2.05, 4.69) is 27.6 Å². The molecule has 0 radical (unpaired) electrons. The monoisotopic (exact) mass is 610 g/mol. The Labute approximate surface area is 219 Å². The van der Waals surface area contributed by atoms with Crippen LogP contribution in [-0.2, 0) is 32.1 Å². The lowest BCUT2D eigenvalue weighted by atomic mass is 10.1. The van der Waals surface area contributed by atoms with Crippen molar-refractivity contribution < 1.29 is 26.9 Å². The first kappa shape index (κ1) is 26.9. The number of carbonyl (C=O) groups excluding carboxylic acids is 1. The number of pyridine rings is 1. The maximum absolute atomic E-state index is 12.8. The molecule has 8 nitrogen and oxygen atoms in total. The van der Waals surface area contributed by atoms with Crippen molar-refractivity contribution in [3.8, 4) is 11.5 Å². The molecule has 35 heavy (non-hydrogen) atoms. The molecule has 186 valence electrons. The number of hydrogen-bond donors (Lipinski definition) is 0. The number of nitrogens with zero attached hydrogens (tertiary/aromatic N) is 2. The molecule has 0 unspecified atom stereocenters. The number of anilines is 1. The molecule has 1 aromatic heterocycles. The van der Waals surface area contributed by atoms with Gasteiger partial charge < -0.3 is 14.4 Å². The fourth-order valence-corrected chi connectivity index (χ4v) is 4.16. The highest BCUT2D eigenvalue weighted by Crippen LogP contribution is 2.29. The van der Waals surface area contributed by atoms with E-state index >= 15 is 0 Å². The van der Waals surface area contributed by atoms with Gasteiger partial charge in [0.2, 0.25) is 5.91 Å². The van der Waals surface area contributed by atoms with Gasteiger partial charge in [-0.05, 0) is 70.6 Å². The van der Waals surface area contributed by atoms with Crippen molar-refractivity contribution in [2.24, 2.45) is 0 Å². The quantitative estimate of drug-likeness (QED) is 0.183. The zero-order valence-corrected chi connectivity index (χ0v) is 22.7. The van der Waals surface area contributed by atoms with E-state index in [1.54, 1.807) is 42.5 Å². The van der Waals surface area contributed by atoms with E-state index in [0.29, 0.717) is 29.2 Å². The Kier molecular flexibility index (Phi) is 9.47. The Bertz CT molecular complexity index is 1270. The van der Waals surface area contributed by atoms with Crippen LogP contribution < -0.4 is 14.4 Å². The van der Waals surface area contributed by atoms with Gasteiger partial charge in [-0.25, -0.2) is 0 Å². The van der Waals surface area contributed by atoms with E-state index in [9.17, 15) is 13.2 Å². The molecule has 1 heterocycles. The van der Waals surface area contributed by atoms with E-state index < -0.39 is 10.1 Å². The normalized spacial score (nSPS) is 11.2. The summed E-state index contributed by atoms with van der Waals surface area (Å²) < 4.78 is 39.5. The zero-order valence-electron chi connectivity index (χ0n) is 19.7. The van der Waals surface area contributed by atoms with E-state index in [1.807, 2.05) is 30.3 Å². The lowest BCUT2D eigenvalue weighted by molar-refractivity contribution is -0.116. The van der Waals surface area contributed by atoms with Gasteiger partial charge in [0.05, 0.1) is 31.3 Å². The molecule has 3 rings (SSSR count). The predicted molar refractivity (Wildman–Crippen MR) is 142 cm³/mol. The van der Waals surface area contributed by atoms with Crippen molar-refractivity contribution in [1.82, 2.24) is 4.98 Å². The molecule has 0 saturated carbocycles. The second-order valence-electron chi connectivity index (χ2n) is 7.73. The molecule has 0 saturated heterocycles. The van der Waals surface area contributed by atoms with Gasteiger partial charge in [-0.15, -0.1) is 0 Å². The molecular weight excluding hydrogens is 583 g/mol. The summed E-state index contributed by atoms with van der Waals surface area (Å²) in [4.78, 5) is 19.0. The van der Waals surface area contributed by atoms with Crippen molar-refractivity contribution in [1.29, 1.82) is 0 Å². The summed E-state index contributed by atoms with van der Waals surface area (Å²) in [6.45, 7) is 1.61. The number of halogens is 1. The van der Waals surface area contributed by atoms with Crippen LogP contribution in [0.2, 0.25) is 0 Å². The zero-order chi connectivity index (χ0) is 25.4. The summed E-state index contributed by atoms with van der Waals surface area (Å²) in [5.41, 5.74) is 3.26. The third-order valence-electron chi connectivity index (χ3n) is 5.06. The van der Waals surface area contributed by atoms with Crippen molar-refractivity contribution in [3.63, 3.8) is 0 Å². The smallest absolute Gasteiger partial charge is 0.264 e. The highest BCUT2D eigenvalue weighted by Gasteiger charge is 2.19. The molecule has 0 aliphatic rings. The average Bonchev–Trinajstić information content (AvgIpc) is 2.82. The number of benzene rings is 2. The molecule has 2 aromatic carbocycles. The number of carbonyl (C=O) groups is 1. The van der Waals surface area contributed by atoms with Crippen LogP contribution in [0.15, 0.2) is 60.8 Å². The number of amides is 1. The number of methoxy groups -OCH3 is 1. The number of ether oxygens (including phenoxy) is 2. The highest BCUT2D eigenvalue weighted by atomic mass is 127. The van der Waals surface area contributed by atoms with E-state index in [1.165, 1.54) is 6.92 Å². The Morgan fingerprint density at radius 3 is 2.49 bits per heavy atom. The van der Waals surface area contributed by atoms with E-state index in [0.717, 1.165) is 21.1 Å². The van der Waals surface area contributed by atoms with Crippen LogP contribution in [0.3, 0.4) is 0 Å². The summed E-state index contributed by atoms with van der Waals surface area (Å²) in [7, 11) is -2.00. The average molecular weight is 610 g/mol. The third kappa shape index (κ3) is 8.18. The third-order valence-corrected chi connectivity index (χ3v) is 6.37. The standard InChI is InChI=1S/C25H27IN2O6S/c1-18(29)28(24-5-4-12-27-23(24)15-19-6-8-21(26)9-7-19)17-20-16-22(32-2)10-11-25(20)33-13-14-34-35(3,30)31/h4-12,16H,13-15,17H2,1-3H3. The van der Waals surface area contributed by atoms with Gasteiger partial charge >= 0.3 is 0 Å². The SMILES string of the molecule is COc1ccc(OCCOS(C)(=O)=O)c(CN(C(C)=O)c2cccnc2Cc2ccc(I)cc2)c1. The van der Waals surface area contributed by atoms with Gasteiger partial charge in [0.1, 0.15) is 24.7 Å². The Morgan fingerprint density at radius 2 is 1.83 bits per heavy atom. The number of aromatic nitrogens is 1.